The predicted molar refractivity (Wildman–Crippen MR) is 108 cm³/mol. The van der Waals surface area contributed by atoms with Crippen molar-refractivity contribution in [1.29, 1.82) is 0 Å². The molecule has 4 aromatic rings. The zero-order valence-electron chi connectivity index (χ0n) is 14.2. The van der Waals surface area contributed by atoms with Crippen LogP contribution in [-0.4, -0.2) is 16.8 Å². The molecule has 6 heteroatoms. The van der Waals surface area contributed by atoms with E-state index in [0.717, 1.165) is 10.2 Å². The number of benzene rings is 3. The third-order valence-electron chi connectivity index (χ3n) is 3.93. The summed E-state index contributed by atoms with van der Waals surface area (Å²) in [4.78, 5) is 29.2. The Morgan fingerprint density at radius 3 is 2.26 bits per heavy atom. The molecule has 0 atom stereocenters. The summed E-state index contributed by atoms with van der Waals surface area (Å²) in [6.07, 6.45) is 0. The molecule has 0 saturated heterocycles. The van der Waals surface area contributed by atoms with Crippen LogP contribution < -0.4 is 10.6 Å². The minimum atomic E-state index is -0.273. The number of para-hydroxylation sites is 1. The summed E-state index contributed by atoms with van der Waals surface area (Å²) < 4.78 is 1.01. The Kier molecular flexibility index (Phi) is 4.63. The van der Waals surface area contributed by atoms with Gasteiger partial charge in [-0.3, -0.25) is 14.9 Å². The van der Waals surface area contributed by atoms with Gasteiger partial charge in [0.1, 0.15) is 0 Å². The maximum absolute atomic E-state index is 12.5. The number of nitrogens with one attached hydrogen (secondary N) is 2. The first-order chi connectivity index (χ1) is 13.2. The molecule has 0 unspecified atom stereocenters. The second kappa shape index (κ2) is 7.39. The third kappa shape index (κ3) is 3.86. The molecule has 3 aromatic carbocycles. The molecule has 27 heavy (non-hydrogen) atoms. The van der Waals surface area contributed by atoms with E-state index in [4.69, 9.17) is 0 Å². The lowest BCUT2D eigenvalue weighted by Gasteiger charge is -2.07. The number of aromatic nitrogens is 1. The number of thiazole rings is 1. The van der Waals surface area contributed by atoms with Crippen molar-refractivity contribution in [1.82, 2.24) is 4.98 Å². The Morgan fingerprint density at radius 1 is 0.741 bits per heavy atom. The van der Waals surface area contributed by atoms with Crippen molar-refractivity contribution in [3.63, 3.8) is 0 Å². The summed E-state index contributed by atoms with van der Waals surface area (Å²) in [6.45, 7) is 0. The smallest absolute Gasteiger partial charge is 0.257 e. The molecule has 0 bridgehead atoms. The Morgan fingerprint density at radius 2 is 1.44 bits per heavy atom. The molecule has 132 valence electrons. The van der Waals surface area contributed by atoms with Crippen LogP contribution in [0.5, 0.6) is 0 Å². The van der Waals surface area contributed by atoms with Crippen LogP contribution in [0.3, 0.4) is 0 Å². The molecule has 1 aromatic heterocycles. The quantitative estimate of drug-likeness (QED) is 0.540. The van der Waals surface area contributed by atoms with Gasteiger partial charge in [-0.15, -0.1) is 0 Å². The van der Waals surface area contributed by atoms with E-state index in [9.17, 15) is 9.59 Å². The van der Waals surface area contributed by atoms with Gasteiger partial charge in [0, 0.05) is 16.8 Å². The molecule has 0 aliphatic carbocycles. The average molecular weight is 373 g/mol. The third-order valence-corrected chi connectivity index (χ3v) is 4.88. The van der Waals surface area contributed by atoms with E-state index in [1.165, 1.54) is 11.3 Å². The van der Waals surface area contributed by atoms with Crippen LogP contribution in [0.4, 0.5) is 10.8 Å². The van der Waals surface area contributed by atoms with E-state index < -0.39 is 0 Å². The van der Waals surface area contributed by atoms with Crippen molar-refractivity contribution in [2.45, 2.75) is 0 Å². The number of hydrogen-bond acceptors (Lipinski definition) is 4. The van der Waals surface area contributed by atoms with E-state index in [-0.39, 0.29) is 11.8 Å². The number of hydrogen-bond donors (Lipinski definition) is 2. The largest absolute Gasteiger partial charge is 0.322 e. The number of carbonyl (C=O) groups is 2. The highest BCUT2D eigenvalue weighted by Crippen LogP contribution is 2.26. The zero-order chi connectivity index (χ0) is 18.6. The zero-order valence-corrected chi connectivity index (χ0v) is 15.0. The van der Waals surface area contributed by atoms with Gasteiger partial charge in [-0.05, 0) is 42.5 Å². The summed E-state index contributed by atoms with van der Waals surface area (Å²) in [5.41, 5.74) is 2.41. The molecule has 5 nitrogen and oxygen atoms in total. The van der Waals surface area contributed by atoms with Gasteiger partial charge in [-0.25, -0.2) is 4.98 Å². The molecule has 0 fully saturated rings. The first kappa shape index (κ1) is 16.9. The maximum atomic E-state index is 12.5. The first-order valence-electron chi connectivity index (χ1n) is 8.32. The summed E-state index contributed by atoms with van der Waals surface area (Å²) in [6, 6.07) is 23.4. The maximum Gasteiger partial charge on any atom is 0.257 e. The fourth-order valence-corrected chi connectivity index (χ4v) is 3.49. The lowest BCUT2D eigenvalue weighted by molar-refractivity contribution is 0.101. The van der Waals surface area contributed by atoms with E-state index in [1.54, 1.807) is 48.5 Å². The van der Waals surface area contributed by atoms with Crippen LogP contribution in [0.1, 0.15) is 20.7 Å². The normalized spacial score (nSPS) is 10.5. The minimum absolute atomic E-state index is 0.223. The van der Waals surface area contributed by atoms with Gasteiger partial charge in [-0.2, -0.15) is 0 Å². The molecule has 0 aliphatic rings. The van der Waals surface area contributed by atoms with Crippen LogP contribution in [0.25, 0.3) is 10.2 Å². The van der Waals surface area contributed by atoms with E-state index in [1.807, 2.05) is 30.3 Å². The summed E-state index contributed by atoms with van der Waals surface area (Å²) in [5, 5.41) is 6.16. The van der Waals surface area contributed by atoms with Gasteiger partial charge < -0.3 is 5.32 Å². The monoisotopic (exact) mass is 373 g/mol. The highest BCUT2D eigenvalue weighted by Gasteiger charge is 2.11. The van der Waals surface area contributed by atoms with E-state index in [2.05, 4.69) is 15.6 Å². The fourth-order valence-electron chi connectivity index (χ4n) is 2.63. The Bertz CT molecular complexity index is 1090. The predicted octanol–water partition coefficient (Wildman–Crippen LogP) is 4.80. The van der Waals surface area contributed by atoms with Gasteiger partial charge in [0.05, 0.1) is 10.2 Å². The second-order valence-corrected chi connectivity index (χ2v) is 6.87. The van der Waals surface area contributed by atoms with Crippen molar-refractivity contribution in [3.05, 3.63) is 90.0 Å². The van der Waals surface area contributed by atoms with Gasteiger partial charge >= 0.3 is 0 Å². The van der Waals surface area contributed by atoms with Gasteiger partial charge in [-0.1, -0.05) is 47.7 Å². The van der Waals surface area contributed by atoms with Gasteiger partial charge in [0.15, 0.2) is 5.13 Å². The van der Waals surface area contributed by atoms with E-state index >= 15 is 0 Å². The highest BCUT2D eigenvalue weighted by atomic mass is 32.1. The van der Waals surface area contributed by atoms with Crippen LogP contribution in [0, 0.1) is 0 Å². The molecule has 2 amide bonds. The number of amides is 2. The molecule has 0 saturated carbocycles. The number of carbonyl (C=O) groups excluding carboxylic acids is 2. The van der Waals surface area contributed by atoms with Crippen molar-refractivity contribution in [3.8, 4) is 0 Å². The lowest BCUT2D eigenvalue weighted by Crippen LogP contribution is -2.14. The summed E-state index contributed by atoms with van der Waals surface area (Å²) >= 11 is 1.42. The summed E-state index contributed by atoms with van der Waals surface area (Å²) in [5.74, 6) is -0.496. The van der Waals surface area contributed by atoms with Gasteiger partial charge in [0.2, 0.25) is 0 Å². The second-order valence-electron chi connectivity index (χ2n) is 5.84. The van der Waals surface area contributed by atoms with E-state index in [0.29, 0.717) is 21.9 Å². The fraction of sp³-hybridized carbons (Fsp3) is 0. The SMILES string of the molecule is O=C(Nc1cccc(C(=O)Nc2nc3ccccc3s2)c1)c1ccccc1. The van der Waals surface area contributed by atoms with Crippen molar-refractivity contribution >= 4 is 44.2 Å². The van der Waals surface area contributed by atoms with Crippen LogP contribution in [0.2, 0.25) is 0 Å². The lowest BCUT2D eigenvalue weighted by atomic mass is 10.1. The average Bonchev–Trinajstić information content (AvgIpc) is 3.11. The number of anilines is 2. The van der Waals surface area contributed by atoms with Crippen LogP contribution >= 0.6 is 11.3 Å². The Balaban J connectivity index is 1.49. The standard InChI is InChI=1S/C21H15N3O2S/c25-19(14-7-2-1-3-8-14)22-16-10-6-9-15(13-16)20(26)24-21-23-17-11-4-5-12-18(17)27-21/h1-13H,(H,22,25)(H,23,24,26). The number of rotatable bonds is 4. The Labute approximate surface area is 159 Å². The molecule has 4 rings (SSSR count). The molecule has 2 N–H and O–H groups in total. The van der Waals surface area contributed by atoms with Crippen molar-refractivity contribution in [2.24, 2.45) is 0 Å². The van der Waals surface area contributed by atoms with Crippen molar-refractivity contribution in [2.75, 3.05) is 10.6 Å². The number of fused-ring (bicyclic) bond motifs is 1. The molecule has 1 heterocycles. The van der Waals surface area contributed by atoms with Crippen molar-refractivity contribution < 1.29 is 9.59 Å². The summed E-state index contributed by atoms with van der Waals surface area (Å²) in [7, 11) is 0. The van der Waals surface area contributed by atoms with Crippen LogP contribution in [-0.2, 0) is 0 Å². The molecule has 0 aliphatic heterocycles. The molecule has 0 radical (unpaired) electrons. The highest BCUT2D eigenvalue weighted by molar-refractivity contribution is 7.22. The topological polar surface area (TPSA) is 71.1 Å². The molecule has 0 spiro atoms. The Hall–Kier alpha value is -3.51. The van der Waals surface area contributed by atoms with Gasteiger partial charge in [0.25, 0.3) is 11.8 Å². The van der Waals surface area contributed by atoms with Crippen LogP contribution in [0.15, 0.2) is 78.9 Å². The molecular weight excluding hydrogens is 358 g/mol. The number of nitrogens with zero attached hydrogens (tertiary/aromatic N) is 1. The first-order valence-corrected chi connectivity index (χ1v) is 9.14. The minimum Gasteiger partial charge on any atom is -0.322 e. The molecular formula is C21H15N3O2S.